The van der Waals surface area contributed by atoms with Gasteiger partial charge in [-0.25, -0.2) is 4.39 Å². The lowest BCUT2D eigenvalue weighted by Crippen LogP contribution is -2.00. The highest BCUT2D eigenvalue weighted by atomic mass is 79.9. The molecule has 0 aliphatic heterocycles. The smallest absolute Gasteiger partial charge is 0.127 e. The van der Waals surface area contributed by atoms with Crippen molar-refractivity contribution in [2.75, 3.05) is 0 Å². The predicted octanol–water partition coefficient (Wildman–Crippen LogP) is 5.76. The van der Waals surface area contributed by atoms with Crippen LogP contribution in [0.3, 0.4) is 0 Å². The quantitative estimate of drug-likeness (QED) is 0.619. The van der Waals surface area contributed by atoms with Crippen LogP contribution in [0.15, 0.2) is 46.9 Å². The van der Waals surface area contributed by atoms with Crippen LogP contribution in [0, 0.1) is 5.82 Å². The first-order valence-corrected chi connectivity index (χ1v) is 7.01. The van der Waals surface area contributed by atoms with Crippen molar-refractivity contribution in [2.24, 2.45) is 0 Å². The number of hydrogen-bond donors (Lipinski definition) is 0. The molecule has 0 N–H and O–H groups in total. The minimum absolute atomic E-state index is 0.319. The third-order valence-corrected chi connectivity index (χ3v) is 4.15. The molecule has 2 aromatic carbocycles. The fraction of sp³-hybridized carbons (Fsp3) is 0.143. The van der Waals surface area contributed by atoms with Crippen LogP contribution >= 0.6 is 39.1 Å². The van der Waals surface area contributed by atoms with Gasteiger partial charge in [0, 0.05) is 15.1 Å². The highest BCUT2D eigenvalue weighted by Crippen LogP contribution is 2.33. The first-order chi connectivity index (χ1) is 8.59. The molecule has 0 amide bonds. The van der Waals surface area contributed by atoms with Crippen LogP contribution in [0.2, 0.25) is 5.02 Å². The van der Waals surface area contributed by atoms with Gasteiger partial charge in [0.1, 0.15) is 5.82 Å². The van der Waals surface area contributed by atoms with E-state index in [1.807, 2.05) is 24.3 Å². The van der Waals surface area contributed by atoms with E-state index >= 15 is 0 Å². The standard InChI is InChI=1S/C14H10BrCl2F/c15-11-5-2-1-4-9(11)13(17)8-10-12(16)6-3-7-14(10)18/h1-7,13H,8H2. The van der Waals surface area contributed by atoms with E-state index in [4.69, 9.17) is 23.2 Å². The van der Waals surface area contributed by atoms with Gasteiger partial charge in [-0.1, -0.05) is 51.8 Å². The second-order valence-electron chi connectivity index (χ2n) is 3.89. The number of hydrogen-bond acceptors (Lipinski definition) is 0. The number of benzene rings is 2. The molecule has 2 rings (SSSR count). The van der Waals surface area contributed by atoms with Crippen molar-refractivity contribution in [3.05, 3.63) is 68.9 Å². The number of halogens is 4. The second-order valence-corrected chi connectivity index (χ2v) is 5.68. The maximum atomic E-state index is 13.7. The average molecular weight is 348 g/mol. The van der Waals surface area contributed by atoms with Gasteiger partial charge >= 0.3 is 0 Å². The largest absolute Gasteiger partial charge is 0.207 e. The third-order valence-electron chi connectivity index (χ3n) is 2.69. The van der Waals surface area contributed by atoms with E-state index in [0.29, 0.717) is 17.0 Å². The molecule has 0 nitrogen and oxygen atoms in total. The van der Waals surface area contributed by atoms with Gasteiger partial charge in [0.25, 0.3) is 0 Å². The summed E-state index contributed by atoms with van der Waals surface area (Å²) in [7, 11) is 0. The molecule has 0 spiro atoms. The lowest BCUT2D eigenvalue weighted by atomic mass is 10.0. The SMILES string of the molecule is Fc1cccc(Cl)c1CC(Cl)c1ccccc1Br. The topological polar surface area (TPSA) is 0 Å². The molecule has 1 atom stereocenters. The molecule has 0 bridgehead atoms. The van der Waals surface area contributed by atoms with Crippen LogP contribution in [0.1, 0.15) is 16.5 Å². The van der Waals surface area contributed by atoms with Crippen molar-refractivity contribution in [3.8, 4) is 0 Å². The summed E-state index contributed by atoms with van der Waals surface area (Å²) in [5.41, 5.74) is 1.38. The normalized spacial score (nSPS) is 12.4. The summed E-state index contributed by atoms with van der Waals surface area (Å²) in [6.07, 6.45) is 0.357. The fourth-order valence-electron chi connectivity index (χ4n) is 1.75. The summed E-state index contributed by atoms with van der Waals surface area (Å²) in [6, 6.07) is 12.3. The number of alkyl halides is 1. The minimum atomic E-state index is -0.324. The molecular formula is C14H10BrCl2F. The molecule has 0 aromatic heterocycles. The Balaban J connectivity index is 2.27. The Morgan fingerprint density at radius 1 is 1.11 bits per heavy atom. The van der Waals surface area contributed by atoms with Gasteiger partial charge in [0.2, 0.25) is 0 Å². The van der Waals surface area contributed by atoms with E-state index in [0.717, 1.165) is 10.0 Å². The van der Waals surface area contributed by atoms with E-state index in [9.17, 15) is 4.39 Å². The molecule has 18 heavy (non-hydrogen) atoms. The first-order valence-electron chi connectivity index (χ1n) is 5.41. The van der Waals surface area contributed by atoms with Crippen molar-refractivity contribution >= 4 is 39.1 Å². The second kappa shape index (κ2) is 6.05. The van der Waals surface area contributed by atoms with Crippen LogP contribution < -0.4 is 0 Å². The molecule has 0 fully saturated rings. The Bertz CT molecular complexity index is 537. The summed E-state index contributed by atoms with van der Waals surface area (Å²) in [6.45, 7) is 0. The molecule has 1 unspecified atom stereocenters. The average Bonchev–Trinajstić information content (AvgIpc) is 2.34. The molecule has 0 saturated carbocycles. The summed E-state index contributed by atoms with van der Waals surface area (Å²) < 4.78 is 14.6. The molecule has 0 saturated heterocycles. The lowest BCUT2D eigenvalue weighted by molar-refractivity contribution is 0.607. The Labute approximate surface area is 124 Å². The maximum absolute atomic E-state index is 13.7. The van der Waals surface area contributed by atoms with Crippen molar-refractivity contribution in [3.63, 3.8) is 0 Å². The minimum Gasteiger partial charge on any atom is -0.207 e. The van der Waals surface area contributed by atoms with E-state index < -0.39 is 0 Å². The van der Waals surface area contributed by atoms with Crippen LogP contribution in [0.25, 0.3) is 0 Å². The predicted molar refractivity (Wildman–Crippen MR) is 77.9 cm³/mol. The third kappa shape index (κ3) is 3.05. The lowest BCUT2D eigenvalue weighted by Gasteiger charge is -2.13. The fourth-order valence-corrected chi connectivity index (χ4v) is 3.02. The Morgan fingerprint density at radius 2 is 1.83 bits per heavy atom. The Morgan fingerprint density at radius 3 is 2.50 bits per heavy atom. The van der Waals surface area contributed by atoms with Gasteiger partial charge < -0.3 is 0 Å². The molecule has 0 aliphatic carbocycles. The van der Waals surface area contributed by atoms with Crippen molar-refractivity contribution < 1.29 is 4.39 Å². The highest BCUT2D eigenvalue weighted by molar-refractivity contribution is 9.10. The summed E-state index contributed by atoms with van der Waals surface area (Å²) >= 11 is 15.8. The van der Waals surface area contributed by atoms with Crippen molar-refractivity contribution in [1.82, 2.24) is 0 Å². The van der Waals surface area contributed by atoms with Gasteiger partial charge in [-0.2, -0.15) is 0 Å². The van der Waals surface area contributed by atoms with Gasteiger partial charge in [0.15, 0.2) is 0 Å². The first kappa shape index (κ1) is 13.9. The molecule has 0 heterocycles. The van der Waals surface area contributed by atoms with Crippen LogP contribution in [-0.4, -0.2) is 0 Å². The zero-order valence-electron chi connectivity index (χ0n) is 9.34. The van der Waals surface area contributed by atoms with Crippen LogP contribution in [-0.2, 0) is 6.42 Å². The maximum Gasteiger partial charge on any atom is 0.127 e. The highest BCUT2D eigenvalue weighted by Gasteiger charge is 2.16. The van der Waals surface area contributed by atoms with Gasteiger partial charge in [0.05, 0.1) is 5.38 Å². The summed E-state index contributed by atoms with van der Waals surface area (Å²) in [5, 5.41) is 0.0858. The van der Waals surface area contributed by atoms with E-state index in [1.165, 1.54) is 6.07 Å². The van der Waals surface area contributed by atoms with E-state index in [2.05, 4.69) is 15.9 Å². The molecular weight excluding hydrogens is 338 g/mol. The zero-order valence-corrected chi connectivity index (χ0v) is 12.4. The monoisotopic (exact) mass is 346 g/mol. The van der Waals surface area contributed by atoms with Crippen molar-refractivity contribution in [2.45, 2.75) is 11.8 Å². The zero-order chi connectivity index (χ0) is 13.1. The molecule has 0 aliphatic rings. The van der Waals surface area contributed by atoms with Gasteiger partial charge in [-0.3, -0.25) is 0 Å². The molecule has 4 heteroatoms. The van der Waals surface area contributed by atoms with Gasteiger partial charge in [-0.05, 0) is 30.2 Å². The van der Waals surface area contributed by atoms with Crippen molar-refractivity contribution in [1.29, 1.82) is 0 Å². The molecule has 94 valence electrons. The van der Waals surface area contributed by atoms with E-state index in [-0.39, 0.29) is 11.2 Å². The molecule has 0 radical (unpaired) electrons. The van der Waals surface area contributed by atoms with Crippen LogP contribution in [0.5, 0.6) is 0 Å². The Hall–Kier alpha value is -0.570. The summed E-state index contributed by atoms with van der Waals surface area (Å²) in [5.74, 6) is -0.319. The molecule has 2 aromatic rings. The van der Waals surface area contributed by atoms with Crippen LogP contribution in [0.4, 0.5) is 4.39 Å². The van der Waals surface area contributed by atoms with Gasteiger partial charge in [-0.15, -0.1) is 11.6 Å². The number of rotatable bonds is 3. The summed E-state index contributed by atoms with van der Waals surface area (Å²) in [4.78, 5) is 0. The van der Waals surface area contributed by atoms with E-state index in [1.54, 1.807) is 12.1 Å². The Kier molecular flexibility index (Phi) is 4.66.